The number of rotatable bonds is 17. The Hall–Kier alpha value is -3.11. The van der Waals surface area contributed by atoms with Crippen molar-refractivity contribution in [3.63, 3.8) is 0 Å². The van der Waals surface area contributed by atoms with Gasteiger partial charge in [0.25, 0.3) is 5.09 Å². The van der Waals surface area contributed by atoms with Gasteiger partial charge in [-0.1, -0.05) is 81.5 Å². The molecular weight excluding hydrogens is 552 g/mol. The lowest BCUT2D eigenvalue weighted by molar-refractivity contribution is -0.757. The van der Waals surface area contributed by atoms with E-state index < -0.39 is 11.1 Å². The molecule has 234 valence electrons. The number of aliphatic hydroxyl groups excluding tert-OH is 1. The number of allylic oxidation sites excluding steroid dienone is 3. The molecule has 11 heteroatoms. The topological polar surface area (TPSA) is 137 Å². The van der Waals surface area contributed by atoms with Gasteiger partial charge in [-0.3, -0.25) is 9.59 Å². The molecule has 1 aliphatic rings. The molecule has 2 rings (SSSR count). The van der Waals surface area contributed by atoms with Crippen LogP contribution in [0.2, 0.25) is 5.02 Å². The van der Waals surface area contributed by atoms with Crippen LogP contribution < -0.4 is 10.1 Å². The second kappa shape index (κ2) is 31.4. The molecule has 0 aliphatic heterocycles. The van der Waals surface area contributed by atoms with Gasteiger partial charge in [-0.25, -0.2) is 0 Å². The number of hydrogen-bond donors (Lipinski definition) is 2. The van der Waals surface area contributed by atoms with Crippen molar-refractivity contribution in [2.24, 2.45) is 5.92 Å². The molecule has 41 heavy (non-hydrogen) atoms. The fourth-order valence-electron chi connectivity index (χ4n) is 3.41. The van der Waals surface area contributed by atoms with Crippen LogP contribution in [0, 0.1) is 16.0 Å². The standard InChI is InChI=1S/C15H19ClO.C8H16.C6H10N2O6.CH4O/c16-14-9-5-10-15(12-14)17-11-4-3-8-13-6-1-2-7-13;1-3-5-7-8-6-4-2;9-5-7-4-6(10)13-2-1-3-14-8(11)12;1-2/h3,5,8-10,12-13H,1-2,4,6-7,11H2;5,7H,3-4,6,8H2,1-2H3;5H,1-4H2,(H,7,9);2H,1H3/b8-3+;7-5-;;. The molecule has 0 bridgehead atoms. The summed E-state index contributed by atoms with van der Waals surface area (Å²) < 4.78 is 10.2. The van der Waals surface area contributed by atoms with Gasteiger partial charge >= 0.3 is 5.97 Å². The minimum atomic E-state index is -0.921. The van der Waals surface area contributed by atoms with Gasteiger partial charge in [0.1, 0.15) is 12.3 Å². The molecule has 0 spiro atoms. The number of carbonyl (C=O) groups is 2. The molecule has 1 aromatic rings. The number of aliphatic hydroxyl groups is 1. The summed E-state index contributed by atoms with van der Waals surface area (Å²) >= 11 is 5.88. The first-order valence-electron chi connectivity index (χ1n) is 14.2. The summed E-state index contributed by atoms with van der Waals surface area (Å²) in [5, 5.41) is 18.6. The third kappa shape index (κ3) is 29.7. The van der Waals surface area contributed by atoms with Crippen molar-refractivity contribution >= 4 is 24.0 Å². The van der Waals surface area contributed by atoms with Crippen molar-refractivity contribution in [3.05, 3.63) is 63.7 Å². The first-order valence-corrected chi connectivity index (χ1v) is 14.5. The number of amides is 1. The molecule has 1 amide bonds. The highest BCUT2D eigenvalue weighted by molar-refractivity contribution is 6.30. The molecule has 1 aliphatic carbocycles. The van der Waals surface area contributed by atoms with Gasteiger partial charge in [-0.05, 0) is 56.2 Å². The SMILES string of the molecule is CC/C=C\CCCC.CO.Clc1cccc(OCC/C=C/C2CCCC2)c1.O=CNCC(=O)OCCCO[N+](=O)[O-]. The Balaban J connectivity index is 0. The maximum Gasteiger partial charge on any atom is 0.325 e. The van der Waals surface area contributed by atoms with E-state index in [4.69, 9.17) is 21.4 Å². The number of nitrogens with zero attached hydrogens (tertiary/aromatic N) is 1. The fourth-order valence-corrected chi connectivity index (χ4v) is 3.59. The summed E-state index contributed by atoms with van der Waals surface area (Å²) in [6.07, 6.45) is 21.3. The molecule has 1 saturated carbocycles. The molecule has 2 N–H and O–H groups in total. The Bertz CT molecular complexity index is 830. The maximum absolute atomic E-state index is 10.7. The van der Waals surface area contributed by atoms with Gasteiger partial charge in [0.15, 0.2) is 0 Å². The zero-order valence-corrected chi connectivity index (χ0v) is 25.6. The van der Waals surface area contributed by atoms with E-state index in [9.17, 15) is 19.7 Å². The predicted molar refractivity (Wildman–Crippen MR) is 162 cm³/mol. The minimum Gasteiger partial charge on any atom is -0.493 e. The average molecular weight is 601 g/mol. The number of hydrogen-bond acceptors (Lipinski definition) is 8. The summed E-state index contributed by atoms with van der Waals surface area (Å²) in [6.45, 7) is 4.81. The predicted octanol–water partition coefficient (Wildman–Crippen LogP) is 6.48. The Morgan fingerprint density at radius 3 is 2.44 bits per heavy atom. The van der Waals surface area contributed by atoms with Crippen molar-refractivity contribution in [1.29, 1.82) is 0 Å². The second-order valence-corrected chi connectivity index (χ2v) is 9.16. The van der Waals surface area contributed by atoms with E-state index in [2.05, 4.69) is 53.0 Å². The fraction of sp³-hybridized carbons (Fsp3) is 0.600. The molecule has 0 saturated heterocycles. The van der Waals surface area contributed by atoms with Crippen molar-refractivity contribution in [2.45, 2.75) is 78.1 Å². The summed E-state index contributed by atoms with van der Waals surface area (Å²) in [5.41, 5.74) is 0. The van der Waals surface area contributed by atoms with E-state index in [0.717, 1.165) is 36.8 Å². The van der Waals surface area contributed by atoms with Crippen LogP contribution in [0.1, 0.15) is 78.1 Å². The Labute approximate surface area is 250 Å². The molecule has 1 fully saturated rings. The lowest BCUT2D eigenvalue weighted by Crippen LogP contribution is -2.23. The molecule has 10 nitrogen and oxygen atoms in total. The van der Waals surface area contributed by atoms with E-state index in [1.165, 1.54) is 51.4 Å². The van der Waals surface area contributed by atoms with Gasteiger partial charge in [0.2, 0.25) is 6.41 Å². The quantitative estimate of drug-likeness (QED) is 0.0517. The zero-order valence-electron chi connectivity index (χ0n) is 24.8. The van der Waals surface area contributed by atoms with Gasteiger partial charge in [-0.2, -0.15) is 0 Å². The van der Waals surface area contributed by atoms with Crippen molar-refractivity contribution in [3.8, 4) is 5.75 Å². The number of carbonyl (C=O) groups excluding carboxylic acids is 2. The Kier molecular flexibility index (Phi) is 30.7. The van der Waals surface area contributed by atoms with E-state index in [1.54, 1.807) is 0 Å². The lowest BCUT2D eigenvalue weighted by atomic mass is 10.1. The second-order valence-electron chi connectivity index (χ2n) is 8.72. The maximum atomic E-state index is 10.7. The summed E-state index contributed by atoms with van der Waals surface area (Å²) in [5.74, 6) is 1.08. The molecule has 1 aromatic carbocycles. The highest BCUT2D eigenvalue weighted by Crippen LogP contribution is 2.25. The lowest BCUT2D eigenvalue weighted by Gasteiger charge is -2.05. The van der Waals surface area contributed by atoms with Crippen molar-refractivity contribution in [1.82, 2.24) is 5.32 Å². The average Bonchev–Trinajstić information content (AvgIpc) is 3.49. The molecule has 0 heterocycles. The molecule has 0 aromatic heterocycles. The number of esters is 1. The van der Waals surface area contributed by atoms with Gasteiger partial charge < -0.3 is 24.7 Å². The largest absolute Gasteiger partial charge is 0.493 e. The molecule has 0 unspecified atom stereocenters. The van der Waals surface area contributed by atoms with Crippen molar-refractivity contribution in [2.75, 3.05) is 33.5 Å². The number of benzene rings is 1. The van der Waals surface area contributed by atoms with E-state index >= 15 is 0 Å². The number of ether oxygens (including phenoxy) is 2. The molecule has 0 radical (unpaired) electrons. The highest BCUT2D eigenvalue weighted by atomic mass is 35.5. The highest BCUT2D eigenvalue weighted by Gasteiger charge is 2.10. The third-order valence-corrected chi connectivity index (χ3v) is 5.60. The molecule has 0 atom stereocenters. The van der Waals surface area contributed by atoms with Crippen LogP contribution in [0.3, 0.4) is 0 Å². The first kappa shape index (κ1) is 40.0. The first-order chi connectivity index (χ1) is 19.9. The number of halogens is 1. The smallest absolute Gasteiger partial charge is 0.325 e. The zero-order chi connectivity index (χ0) is 31.0. The van der Waals surface area contributed by atoms with Crippen molar-refractivity contribution < 1.29 is 34.1 Å². The van der Waals surface area contributed by atoms with E-state index in [-0.39, 0.29) is 26.2 Å². The van der Waals surface area contributed by atoms with E-state index in [1.807, 2.05) is 24.3 Å². The summed E-state index contributed by atoms with van der Waals surface area (Å²) in [7, 11) is 1.00. The van der Waals surface area contributed by atoms with E-state index in [0.29, 0.717) is 6.41 Å². The monoisotopic (exact) mass is 600 g/mol. The van der Waals surface area contributed by atoms with Crippen LogP contribution in [0.25, 0.3) is 0 Å². The van der Waals surface area contributed by atoms with Crippen LogP contribution in [0.4, 0.5) is 0 Å². The van der Waals surface area contributed by atoms with Crippen LogP contribution in [0.5, 0.6) is 5.75 Å². The van der Waals surface area contributed by atoms with Gasteiger partial charge in [0, 0.05) is 18.6 Å². The van der Waals surface area contributed by atoms with Gasteiger partial charge in [-0.15, -0.1) is 10.1 Å². The van der Waals surface area contributed by atoms with Crippen LogP contribution >= 0.6 is 11.6 Å². The number of unbranched alkanes of at least 4 members (excludes halogenated alkanes) is 2. The van der Waals surface area contributed by atoms with Crippen LogP contribution in [-0.4, -0.2) is 56.0 Å². The van der Waals surface area contributed by atoms with Gasteiger partial charge in [0.05, 0.1) is 19.8 Å². The Morgan fingerprint density at radius 2 is 1.83 bits per heavy atom. The summed E-state index contributed by atoms with van der Waals surface area (Å²) in [6, 6.07) is 7.55. The Morgan fingerprint density at radius 1 is 1.10 bits per heavy atom. The minimum absolute atomic E-state index is 0.0210. The normalized spacial score (nSPS) is 12.2. The summed E-state index contributed by atoms with van der Waals surface area (Å²) in [4.78, 5) is 34.1. The van der Waals surface area contributed by atoms with Crippen LogP contribution in [-0.2, 0) is 19.2 Å². The van der Waals surface area contributed by atoms with Crippen LogP contribution in [0.15, 0.2) is 48.6 Å². The number of nitrogens with one attached hydrogen (secondary N) is 1. The molecular formula is C30H49ClN2O8. The third-order valence-electron chi connectivity index (χ3n) is 5.36.